The van der Waals surface area contributed by atoms with Crippen LogP contribution in [0.1, 0.15) is 10.5 Å². The van der Waals surface area contributed by atoms with Crippen LogP contribution in [0.2, 0.25) is 0 Å². The summed E-state index contributed by atoms with van der Waals surface area (Å²) in [5.41, 5.74) is 0.0840. The van der Waals surface area contributed by atoms with Gasteiger partial charge >= 0.3 is 5.97 Å². The number of hydrogen-bond acceptors (Lipinski definition) is 6. The number of nitrogens with zero attached hydrogens (tertiary/aromatic N) is 2. The summed E-state index contributed by atoms with van der Waals surface area (Å²) in [6.45, 7) is 0. The van der Waals surface area contributed by atoms with E-state index in [0.29, 0.717) is 0 Å². The summed E-state index contributed by atoms with van der Waals surface area (Å²) in [5.74, 6) is -0.192. The lowest BCUT2D eigenvalue weighted by Crippen LogP contribution is -2.00. The highest BCUT2D eigenvalue weighted by Gasteiger charge is 2.15. The number of carbonyl (C=O) groups is 1. The molecule has 0 radical (unpaired) electrons. The van der Waals surface area contributed by atoms with Crippen LogP contribution in [0, 0.1) is 0 Å². The Kier molecular flexibility index (Phi) is 2.02. The van der Waals surface area contributed by atoms with Crippen LogP contribution < -0.4 is 0 Å². The maximum atomic E-state index is 11.0. The second kappa shape index (κ2) is 3.33. The molecule has 0 aromatic carbocycles. The minimum atomic E-state index is -0.563. The third-order valence-electron chi connectivity index (χ3n) is 1.51. The molecule has 2 aromatic heterocycles. The Labute approximate surface area is 78.5 Å². The first-order valence-corrected chi connectivity index (χ1v) is 3.75. The zero-order chi connectivity index (χ0) is 9.97. The van der Waals surface area contributed by atoms with E-state index in [1.54, 1.807) is 0 Å². The molecule has 0 N–H and O–H groups in total. The number of aromatic nitrogens is 2. The standard InChI is InChI=1S/C8H6N2O4/c1-12-8(11)5-4-14-7(10-5)6-9-2-3-13-6/h2-4H,1H3. The van der Waals surface area contributed by atoms with Gasteiger partial charge in [-0.3, -0.25) is 0 Å². The van der Waals surface area contributed by atoms with Gasteiger partial charge in [-0.15, -0.1) is 0 Å². The van der Waals surface area contributed by atoms with Gasteiger partial charge in [0.25, 0.3) is 11.8 Å². The van der Waals surface area contributed by atoms with Crippen molar-refractivity contribution in [2.24, 2.45) is 0 Å². The fourth-order valence-corrected chi connectivity index (χ4v) is 0.899. The number of oxazole rings is 2. The first-order valence-electron chi connectivity index (χ1n) is 3.75. The molecule has 0 unspecified atom stereocenters. The average molecular weight is 194 g/mol. The quantitative estimate of drug-likeness (QED) is 0.666. The maximum absolute atomic E-state index is 11.0. The summed E-state index contributed by atoms with van der Waals surface area (Å²) in [5, 5.41) is 0. The summed E-state index contributed by atoms with van der Waals surface area (Å²) in [6.07, 6.45) is 4.03. The summed E-state index contributed by atoms with van der Waals surface area (Å²) in [7, 11) is 1.27. The van der Waals surface area contributed by atoms with Gasteiger partial charge < -0.3 is 13.6 Å². The molecule has 0 atom stereocenters. The topological polar surface area (TPSA) is 78.4 Å². The zero-order valence-electron chi connectivity index (χ0n) is 7.26. The Hall–Kier alpha value is -2.11. The minimum Gasteiger partial charge on any atom is -0.464 e. The van der Waals surface area contributed by atoms with Crippen molar-refractivity contribution in [3.8, 4) is 11.8 Å². The van der Waals surface area contributed by atoms with Gasteiger partial charge in [0.1, 0.15) is 12.5 Å². The molecule has 2 rings (SSSR count). The molecule has 0 aliphatic rings. The average Bonchev–Trinajstić information content (AvgIpc) is 2.86. The van der Waals surface area contributed by atoms with Crippen LogP contribution >= 0.6 is 0 Å². The predicted molar refractivity (Wildman–Crippen MR) is 43.3 cm³/mol. The Morgan fingerprint density at radius 1 is 1.43 bits per heavy atom. The van der Waals surface area contributed by atoms with E-state index >= 15 is 0 Å². The molecule has 0 bridgehead atoms. The first kappa shape index (κ1) is 8.49. The third-order valence-corrected chi connectivity index (χ3v) is 1.51. The number of methoxy groups -OCH3 is 1. The van der Waals surface area contributed by atoms with Crippen LogP contribution in [-0.2, 0) is 4.74 Å². The molecule has 2 aromatic rings. The van der Waals surface area contributed by atoms with Crippen LogP contribution in [0.15, 0.2) is 27.6 Å². The SMILES string of the molecule is COC(=O)c1coc(-c2ncco2)n1. The Morgan fingerprint density at radius 2 is 2.29 bits per heavy atom. The lowest BCUT2D eigenvalue weighted by molar-refractivity contribution is 0.0594. The molecule has 14 heavy (non-hydrogen) atoms. The number of carbonyl (C=O) groups excluding carboxylic acids is 1. The number of ether oxygens (including phenoxy) is 1. The highest BCUT2D eigenvalue weighted by atomic mass is 16.5. The fraction of sp³-hybridized carbons (Fsp3) is 0.125. The predicted octanol–water partition coefficient (Wildman–Crippen LogP) is 1.12. The van der Waals surface area contributed by atoms with Crippen molar-refractivity contribution in [2.45, 2.75) is 0 Å². The van der Waals surface area contributed by atoms with Crippen molar-refractivity contribution in [1.82, 2.24) is 9.97 Å². The molecule has 6 nitrogen and oxygen atoms in total. The zero-order valence-corrected chi connectivity index (χ0v) is 7.26. The number of hydrogen-bond donors (Lipinski definition) is 0. The molecular weight excluding hydrogens is 188 g/mol. The van der Waals surface area contributed by atoms with Crippen LogP contribution in [0.25, 0.3) is 11.8 Å². The molecule has 2 heterocycles. The lowest BCUT2D eigenvalue weighted by Gasteiger charge is -1.89. The van der Waals surface area contributed by atoms with Gasteiger partial charge in [0.2, 0.25) is 0 Å². The second-order valence-corrected chi connectivity index (χ2v) is 2.37. The molecule has 0 spiro atoms. The largest absolute Gasteiger partial charge is 0.464 e. The number of rotatable bonds is 2. The Morgan fingerprint density at radius 3 is 2.93 bits per heavy atom. The monoisotopic (exact) mass is 194 g/mol. The fourth-order valence-electron chi connectivity index (χ4n) is 0.899. The molecule has 0 fully saturated rings. The first-order chi connectivity index (χ1) is 6.81. The van der Waals surface area contributed by atoms with E-state index in [-0.39, 0.29) is 17.5 Å². The van der Waals surface area contributed by atoms with Gasteiger partial charge in [0, 0.05) is 0 Å². The van der Waals surface area contributed by atoms with E-state index in [4.69, 9.17) is 8.83 Å². The van der Waals surface area contributed by atoms with Crippen LogP contribution in [0.5, 0.6) is 0 Å². The van der Waals surface area contributed by atoms with E-state index in [9.17, 15) is 4.79 Å². The number of esters is 1. The molecule has 0 aliphatic heterocycles. The van der Waals surface area contributed by atoms with E-state index in [2.05, 4.69) is 14.7 Å². The van der Waals surface area contributed by atoms with E-state index in [1.807, 2.05) is 0 Å². The maximum Gasteiger partial charge on any atom is 0.360 e. The van der Waals surface area contributed by atoms with Gasteiger partial charge in [0.15, 0.2) is 5.69 Å². The smallest absolute Gasteiger partial charge is 0.360 e. The minimum absolute atomic E-state index is 0.0840. The van der Waals surface area contributed by atoms with Crippen molar-refractivity contribution < 1.29 is 18.4 Å². The molecule has 0 aliphatic carbocycles. The Bertz CT molecular complexity index is 432. The van der Waals surface area contributed by atoms with E-state index in [1.165, 1.54) is 25.8 Å². The molecule has 72 valence electrons. The van der Waals surface area contributed by atoms with E-state index in [0.717, 1.165) is 0 Å². The molecule has 0 saturated heterocycles. The summed E-state index contributed by atoms with van der Waals surface area (Å²) in [4.78, 5) is 18.6. The van der Waals surface area contributed by atoms with Crippen molar-refractivity contribution in [3.05, 3.63) is 24.4 Å². The Balaban J connectivity index is 2.31. The molecular formula is C8H6N2O4. The lowest BCUT2D eigenvalue weighted by atomic mass is 10.5. The van der Waals surface area contributed by atoms with Crippen molar-refractivity contribution >= 4 is 5.97 Å². The second-order valence-electron chi connectivity index (χ2n) is 2.37. The summed E-state index contributed by atoms with van der Waals surface area (Å²) < 4.78 is 14.3. The van der Waals surface area contributed by atoms with Crippen molar-refractivity contribution in [1.29, 1.82) is 0 Å². The van der Waals surface area contributed by atoms with Gasteiger partial charge in [0.05, 0.1) is 13.3 Å². The van der Waals surface area contributed by atoms with Crippen LogP contribution in [-0.4, -0.2) is 23.0 Å². The highest BCUT2D eigenvalue weighted by Crippen LogP contribution is 2.16. The van der Waals surface area contributed by atoms with Crippen molar-refractivity contribution in [3.63, 3.8) is 0 Å². The summed E-state index contributed by atoms with van der Waals surface area (Å²) in [6, 6.07) is 0. The van der Waals surface area contributed by atoms with Gasteiger partial charge in [-0.1, -0.05) is 0 Å². The highest BCUT2D eigenvalue weighted by molar-refractivity contribution is 5.87. The molecule has 0 amide bonds. The van der Waals surface area contributed by atoms with E-state index < -0.39 is 5.97 Å². The third kappa shape index (κ3) is 1.37. The van der Waals surface area contributed by atoms with Gasteiger partial charge in [-0.25, -0.2) is 9.78 Å². The van der Waals surface area contributed by atoms with Crippen LogP contribution in [0.3, 0.4) is 0 Å². The van der Waals surface area contributed by atoms with Crippen LogP contribution in [0.4, 0.5) is 0 Å². The normalized spacial score (nSPS) is 10.1. The summed E-state index contributed by atoms with van der Waals surface area (Å²) >= 11 is 0. The van der Waals surface area contributed by atoms with Crippen molar-refractivity contribution in [2.75, 3.05) is 7.11 Å². The van der Waals surface area contributed by atoms with Gasteiger partial charge in [-0.05, 0) is 0 Å². The van der Waals surface area contributed by atoms with Gasteiger partial charge in [-0.2, -0.15) is 4.98 Å². The molecule has 0 saturated carbocycles. The molecule has 6 heteroatoms.